The number of rotatable bonds is 3. The second kappa shape index (κ2) is 5.14. The lowest BCUT2D eigenvalue weighted by molar-refractivity contribution is -0.143. The van der Waals surface area contributed by atoms with Crippen LogP contribution in [0.2, 0.25) is 0 Å². The van der Waals surface area contributed by atoms with Gasteiger partial charge in [0.1, 0.15) is 6.04 Å². The third-order valence-electron chi connectivity index (χ3n) is 3.34. The lowest BCUT2D eigenvalue weighted by atomic mass is 9.97. The number of aryl methyl sites for hydroxylation is 1. The van der Waals surface area contributed by atoms with Gasteiger partial charge in [0.25, 0.3) is 0 Å². The first-order valence-corrected chi connectivity index (χ1v) is 6.84. The summed E-state index contributed by atoms with van der Waals surface area (Å²) in [6, 6.07) is -0.390. The van der Waals surface area contributed by atoms with Gasteiger partial charge >= 0.3 is 5.97 Å². The molecule has 94 valence electrons. The van der Waals surface area contributed by atoms with Crippen molar-refractivity contribution in [3.8, 4) is 0 Å². The quantitative estimate of drug-likeness (QED) is 0.897. The fraction of sp³-hybridized carbons (Fsp3) is 0.667. The van der Waals surface area contributed by atoms with E-state index in [-0.39, 0.29) is 6.04 Å². The summed E-state index contributed by atoms with van der Waals surface area (Å²) in [6.45, 7) is 5.47. The summed E-state index contributed by atoms with van der Waals surface area (Å²) in [5.74, 6) is -0.329. The molecular formula is C12H18N2O2S. The normalized spacial score (nSPS) is 23.5. The minimum absolute atomic E-state index is 0.390. The average Bonchev–Trinajstić information content (AvgIpc) is 2.75. The molecule has 0 saturated carbocycles. The van der Waals surface area contributed by atoms with Crippen LogP contribution >= 0.6 is 11.3 Å². The zero-order valence-corrected chi connectivity index (χ0v) is 11.0. The predicted molar refractivity (Wildman–Crippen MR) is 67.5 cm³/mol. The number of thiazole rings is 1. The fourth-order valence-corrected chi connectivity index (χ4v) is 3.20. The summed E-state index contributed by atoms with van der Waals surface area (Å²) in [7, 11) is 0. The number of nitrogens with zero attached hydrogens (tertiary/aromatic N) is 2. The average molecular weight is 254 g/mol. The molecule has 2 unspecified atom stereocenters. The van der Waals surface area contributed by atoms with Crippen molar-refractivity contribution in [1.82, 2.24) is 9.88 Å². The molecule has 4 nitrogen and oxygen atoms in total. The third-order valence-corrected chi connectivity index (χ3v) is 4.47. The van der Waals surface area contributed by atoms with Crippen LogP contribution in [0.1, 0.15) is 36.4 Å². The number of piperidine rings is 1. The largest absolute Gasteiger partial charge is 0.480 e. The van der Waals surface area contributed by atoms with E-state index in [2.05, 4.69) is 10.4 Å². The van der Waals surface area contributed by atoms with Crippen molar-refractivity contribution in [2.45, 2.75) is 38.6 Å². The first kappa shape index (κ1) is 12.5. The van der Waals surface area contributed by atoms with Gasteiger partial charge in [-0.15, -0.1) is 11.3 Å². The molecule has 1 aliphatic heterocycles. The van der Waals surface area contributed by atoms with Gasteiger partial charge in [-0.1, -0.05) is 0 Å². The Morgan fingerprint density at radius 3 is 3.06 bits per heavy atom. The van der Waals surface area contributed by atoms with Crippen LogP contribution in [0.3, 0.4) is 0 Å². The summed E-state index contributed by atoms with van der Waals surface area (Å²) >= 11 is 1.69. The van der Waals surface area contributed by atoms with Crippen molar-refractivity contribution in [3.05, 3.63) is 16.1 Å². The number of aromatic nitrogens is 1. The molecular weight excluding hydrogens is 236 g/mol. The molecule has 0 bridgehead atoms. The molecule has 0 spiro atoms. The van der Waals surface area contributed by atoms with E-state index >= 15 is 0 Å². The van der Waals surface area contributed by atoms with Gasteiger partial charge in [-0.3, -0.25) is 9.69 Å². The van der Waals surface area contributed by atoms with Crippen molar-refractivity contribution in [3.63, 3.8) is 0 Å². The number of carbonyl (C=O) groups is 1. The van der Waals surface area contributed by atoms with Crippen LogP contribution in [0.5, 0.6) is 0 Å². The minimum atomic E-state index is -0.735. The van der Waals surface area contributed by atoms with E-state index < -0.39 is 5.97 Å². The first-order chi connectivity index (χ1) is 8.08. The van der Waals surface area contributed by atoms with Crippen LogP contribution in [-0.4, -0.2) is 40.1 Å². The second-order valence-corrected chi connectivity index (χ2v) is 5.57. The van der Waals surface area contributed by atoms with E-state index in [4.69, 9.17) is 5.11 Å². The van der Waals surface area contributed by atoms with Gasteiger partial charge in [0.05, 0.1) is 5.01 Å². The molecule has 1 fully saturated rings. The fourth-order valence-electron chi connectivity index (χ4n) is 2.28. The maximum absolute atomic E-state index is 11.0. The topological polar surface area (TPSA) is 53.4 Å². The first-order valence-electron chi connectivity index (χ1n) is 5.97. The van der Waals surface area contributed by atoms with Crippen LogP contribution < -0.4 is 0 Å². The monoisotopic (exact) mass is 254 g/mol. The minimum Gasteiger partial charge on any atom is -0.480 e. The highest BCUT2D eigenvalue weighted by Crippen LogP contribution is 2.29. The lowest BCUT2D eigenvalue weighted by Gasteiger charge is -2.34. The van der Waals surface area contributed by atoms with Gasteiger partial charge in [-0.05, 0) is 33.2 Å². The second-order valence-electron chi connectivity index (χ2n) is 4.68. The van der Waals surface area contributed by atoms with Crippen LogP contribution in [0.25, 0.3) is 0 Å². The lowest BCUT2D eigenvalue weighted by Crippen LogP contribution is -2.44. The summed E-state index contributed by atoms with van der Waals surface area (Å²) in [5.41, 5.74) is 1.06. The van der Waals surface area contributed by atoms with Crippen molar-refractivity contribution in [2.24, 2.45) is 0 Å². The molecule has 1 saturated heterocycles. The van der Waals surface area contributed by atoms with Crippen LogP contribution in [0.15, 0.2) is 5.38 Å². The van der Waals surface area contributed by atoms with E-state index in [0.717, 1.165) is 36.6 Å². The Morgan fingerprint density at radius 1 is 1.71 bits per heavy atom. The van der Waals surface area contributed by atoms with Gasteiger partial charge in [0.15, 0.2) is 0 Å². The van der Waals surface area contributed by atoms with E-state index in [1.54, 1.807) is 18.3 Å². The molecule has 2 atom stereocenters. The van der Waals surface area contributed by atoms with Crippen molar-refractivity contribution in [2.75, 3.05) is 13.1 Å². The molecule has 2 rings (SSSR count). The Labute approximate surface area is 105 Å². The Balaban J connectivity index is 2.04. The molecule has 2 heterocycles. The number of carboxylic acids is 1. The van der Waals surface area contributed by atoms with Crippen LogP contribution in [-0.2, 0) is 4.79 Å². The summed E-state index contributed by atoms with van der Waals surface area (Å²) in [6.07, 6.45) is 2.18. The third kappa shape index (κ3) is 2.84. The molecule has 0 aliphatic carbocycles. The van der Waals surface area contributed by atoms with Gasteiger partial charge in [0, 0.05) is 23.5 Å². The number of aliphatic carboxylic acids is 1. The SMILES string of the molecule is Cc1csc(C2CCCN(C(C)C(=O)O)C2)n1. The molecule has 1 aromatic heterocycles. The molecule has 1 N–H and O–H groups in total. The summed E-state index contributed by atoms with van der Waals surface area (Å²) < 4.78 is 0. The molecule has 0 radical (unpaired) electrons. The van der Waals surface area contributed by atoms with Gasteiger partial charge in [-0.2, -0.15) is 0 Å². The maximum atomic E-state index is 11.0. The molecule has 1 aromatic rings. The molecule has 0 amide bonds. The number of carboxylic acid groups (broad SMARTS) is 1. The van der Waals surface area contributed by atoms with Gasteiger partial charge < -0.3 is 5.11 Å². The Hall–Kier alpha value is -0.940. The zero-order valence-electron chi connectivity index (χ0n) is 10.2. The van der Waals surface area contributed by atoms with Gasteiger partial charge in [-0.25, -0.2) is 4.98 Å². The standard InChI is InChI=1S/C12H18N2O2S/c1-8-7-17-11(13-8)10-4-3-5-14(6-10)9(2)12(15)16/h7,9-10H,3-6H2,1-2H3,(H,15,16). The van der Waals surface area contributed by atoms with Crippen molar-refractivity contribution < 1.29 is 9.90 Å². The van der Waals surface area contributed by atoms with Crippen molar-refractivity contribution in [1.29, 1.82) is 0 Å². The molecule has 5 heteroatoms. The van der Waals surface area contributed by atoms with E-state index in [1.165, 1.54) is 0 Å². The van der Waals surface area contributed by atoms with Crippen LogP contribution in [0, 0.1) is 6.92 Å². The number of likely N-dealkylation sites (tertiary alicyclic amines) is 1. The van der Waals surface area contributed by atoms with E-state index in [0.29, 0.717) is 5.92 Å². The summed E-state index contributed by atoms with van der Waals surface area (Å²) in [5, 5.41) is 12.3. The highest BCUT2D eigenvalue weighted by molar-refractivity contribution is 7.09. The number of hydrogen-bond acceptors (Lipinski definition) is 4. The maximum Gasteiger partial charge on any atom is 0.320 e. The smallest absolute Gasteiger partial charge is 0.320 e. The zero-order chi connectivity index (χ0) is 12.4. The molecule has 1 aliphatic rings. The van der Waals surface area contributed by atoms with E-state index in [9.17, 15) is 4.79 Å². The highest BCUT2D eigenvalue weighted by atomic mass is 32.1. The summed E-state index contributed by atoms with van der Waals surface area (Å²) in [4.78, 5) is 17.6. The predicted octanol–water partition coefficient (Wildman–Crippen LogP) is 2.10. The van der Waals surface area contributed by atoms with E-state index in [1.807, 2.05) is 11.8 Å². The Bertz CT molecular complexity index is 405. The van der Waals surface area contributed by atoms with Crippen molar-refractivity contribution >= 4 is 17.3 Å². The Kier molecular flexibility index (Phi) is 3.79. The highest BCUT2D eigenvalue weighted by Gasteiger charge is 2.28. The Morgan fingerprint density at radius 2 is 2.47 bits per heavy atom. The number of hydrogen-bond donors (Lipinski definition) is 1. The molecule has 0 aromatic carbocycles. The van der Waals surface area contributed by atoms with Crippen LogP contribution in [0.4, 0.5) is 0 Å². The van der Waals surface area contributed by atoms with Gasteiger partial charge in [0.2, 0.25) is 0 Å². The molecule has 17 heavy (non-hydrogen) atoms.